The van der Waals surface area contributed by atoms with Crippen molar-refractivity contribution in [2.45, 2.75) is 6.92 Å². The number of esters is 1. The third-order valence-corrected chi connectivity index (χ3v) is 2.71. The molecule has 0 amide bonds. The molecule has 2 aromatic carbocycles. The number of carbonyl (C=O) groups is 2. The Bertz CT molecular complexity index is 660. The van der Waals surface area contributed by atoms with Gasteiger partial charge in [0.2, 0.25) is 0 Å². The van der Waals surface area contributed by atoms with Crippen molar-refractivity contribution >= 4 is 22.7 Å². The molecule has 0 unspecified atom stereocenters. The molecule has 19 heavy (non-hydrogen) atoms. The molecular weight excluding hydrogens is 248 g/mol. The van der Waals surface area contributed by atoms with Crippen molar-refractivity contribution in [2.24, 2.45) is 0 Å². The molecule has 0 heterocycles. The van der Waals surface area contributed by atoms with E-state index in [2.05, 4.69) is 0 Å². The first-order chi connectivity index (χ1) is 9.04. The van der Waals surface area contributed by atoms with Crippen LogP contribution in [0.4, 0.5) is 0 Å². The lowest BCUT2D eigenvalue weighted by Gasteiger charge is -2.09. The Morgan fingerprint density at radius 1 is 1.21 bits per heavy atom. The molecule has 2 rings (SSSR count). The summed E-state index contributed by atoms with van der Waals surface area (Å²) in [5.41, 5.74) is -0.108. The maximum atomic E-state index is 11.9. The van der Waals surface area contributed by atoms with Gasteiger partial charge in [0, 0.05) is 0 Å². The maximum absolute atomic E-state index is 11.9. The molecule has 2 N–H and O–H groups in total. The molecule has 0 radical (unpaired) electrons. The third kappa shape index (κ3) is 2.35. The number of rotatable bonds is 3. The van der Waals surface area contributed by atoms with E-state index in [1.165, 1.54) is 24.3 Å². The largest absolute Gasteiger partial charge is 0.508 e. The van der Waals surface area contributed by atoms with Gasteiger partial charge >= 0.3 is 11.9 Å². The topological polar surface area (TPSA) is 83.8 Å². The third-order valence-electron chi connectivity index (χ3n) is 2.71. The van der Waals surface area contributed by atoms with E-state index in [0.717, 1.165) is 0 Å². The minimum absolute atomic E-state index is 0.00634. The van der Waals surface area contributed by atoms with Gasteiger partial charge in [-0.2, -0.15) is 0 Å². The van der Waals surface area contributed by atoms with Crippen molar-refractivity contribution in [1.82, 2.24) is 0 Å². The summed E-state index contributed by atoms with van der Waals surface area (Å²) in [7, 11) is 0. The molecule has 5 nitrogen and oxygen atoms in total. The molecular formula is C14H12O5. The molecule has 0 atom stereocenters. The van der Waals surface area contributed by atoms with Crippen molar-refractivity contribution in [1.29, 1.82) is 0 Å². The first-order valence-corrected chi connectivity index (χ1v) is 5.70. The summed E-state index contributed by atoms with van der Waals surface area (Å²) < 4.78 is 4.89. The SMILES string of the molecule is CCOC(=O)c1c(C(=O)O)ccc2cc(O)ccc12. The second-order valence-electron chi connectivity index (χ2n) is 3.92. The van der Waals surface area contributed by atoms with Crippen LogP contribution in [0, 0.1) is 0 Å². The zero-order valence-corrected chi connectivity index (χ0v) is 10.2. The van der Waals surface area contributed by atoms with E-state index in [9.17, 15) is 14.7 Å². The van der Waals surface area contributed by atoms with Gasteiger partial charge < -0.3 is 14.9 Å². The zero-order valence-electron chi connectivity index (χ0n) is 10.2. The number of hydrogen-bond acceptors (Lipinski definition) is 4. The van der Waals surface area contributed by atoms with Gasteiger partial charge in [-0.25, -0.2) is 9.59 Å². The fraction of sp³-hybridized carbons (Fsp3) is 0.143. The smallest absolute Gasteiger partial charge is 0.339 e. The van der Waals surface area contributed by atoms with Crippen LogP contribution >= 0.6 is 0 Å². The number of aromatic hydroxyl groups is 1. The van der Waals surface area contributed by atoms with E-state index in [-0.39, 0.29) is 23.5 Å². The molecule has 5 heteroatoms. The summed E-state index contributed by atoms with van der Waals surface area (Å²) >= 11 is 0. The number of benzene rings is 2. The van der Waals surface area contributed by atoms with Crippen molar-refractivity contribution in [2.75, 3.05) is 6.61 Å². The molecule has 0 saturated heterocycles. The molecule has 0 aliphatic carbocycles. The van der Waals surface area contributed by atoms with Crippen LogP contribution in [0.1, 0.15) is 27.6 Å². The number of carboxylic acid groups (broad SMARTS) is 1. The highest BCUT2D eigenvalue weighted by molar-refractivity contribution is 6.12. The minimum atomic E-state index is -1.20. The van der Waals surface area contributed by atoms with E-state index in [1.54, 1.807) is 13.0 Å². The van der Waals surface area contributed by atoms with Gasteiger partial charge in [-0.15, -0.1) is 0 Å². The molecule has 0 spiro atoms. The van der Waals surface area contributed by atoms with E-state index >= 15 is 0 Å². The molecule has 0 saturated carbocycles. The number of carbonyl (C=O) groups excluding carboxylic acids is 1. The fourth-order valence-corrected chi connectivity index (χ4v) is 1.92. The van der Waals surface area contributed by atoms with Gasteiger partial charge in [0.05, 0.1) is 17.7 Å². The molecule has 98 valence electrons. The van der Waals surface area contributed by atoms with E-state index in [1.807, 2.05) is 0 Å². The Morgan fingerprint density at radius 2 is 1.95 bits per heavy atom. The highest BCUT2D eigenvalue weighted by atomic mass is 16.5. The molecule has 0 aromatic heterocycles. The van der Waals surface area contributed by atoms with E-state index < -0.39 is 11.9 Å². The first-order valence-electron chi connectivity index (χ1n) is 5.70. The zero-order chi connectivity index (χ0) is 14.0. The lowest BCUT2D eigenvalue weighted by atomic mass is 9.98. The number of phenols is 1. The molecule has 0 bridgehead atoms. The van der Waals surface area contributed by atoms with Gasteiger partial charge in [0.25, 0.3) is 0 Å². The predicted molar refractivity (Wildman–Crippen MR) is 68.5 cm³/mol. The van der Waals surface area contributed by atoms with Crippen molar-refractivity contribution in [3.8, 4) is 5.75 Å². The standard InChI is InChI=1S/C14H12O5/c1-2-19-14(18)12-10-6-4-9(15)7-8(10)3-5-11(12)13(16)17/h3-7,15H,2H2,1H3,(H,16,17). The van der Waals surface area contributed by atoms with Gasteiger partial charge in [-0.1, -0.05) is 6.07 Å². The Hall–Kier alpha value is -2.56. The molecule has 2 aromatic rings. The molecule has 0 fully saturated rings. The summed E-state index contributed by atoms with van der Waals surface area (Å²) in [4.78, 5) is 23.1. The van der Waals surface area contributed by atoms with Crippen LogP contribution in [0.3, 0.4) is 0 Å². The van der Waals surface area contributed by atoms with Crippen molar-refractivity contribution in [3.63, 3.8) is 0 Å². The minimum Gasteiger partial charge on any atom is -0.508 e. The Balaban J connectivity index is 2.76. The monoisotopic (exact) mass is 260 g/mol. The number of fused-ring (bicyclic) bond motifs is 1. The van der Waals surface area contributed by atoms with Gasteiger partial charge in [0.1, 0.15) is 5.75 Å². The number of hydrogen-bond donors (Lipinski definition) is 2. The number of aromatic carboxylic acids is 1. The summed E-state index contributed by atoms with van der Waals surface area (Å²) in [5.74, 6) is -1.83. The average molecular weight is 260 g/mol. The van der Waals surface area contributed by atoms with Crippen LogP contribution in [0.15, 0.2) is 30.3 Å². The second kappa shape index (κ2) is 4.97. The van der Waals surface area contributed by atoms with Gasteiger partial charge in [0.15, 0.2) is 0 Å². The van der Waals surface area contributed by atoms with Crippen molar-refractivity contribution < 1.29 is 24.5 Å². The van der Waals surface area contributed by atoms with Crippen LogP contribution in [-0.4, -0.2) is 28.8 Å². The number of phenolic OH excluding ortho intramolecular Hbond substituents is 1. The maximum Gasteiger partial charge on any atom is 0.339 e. The van der Waals surface area contributed by atoms with Gasteiger partial charge in [-0.05, 0) is 42.0 Å². The quantitative estimate of drug-likeness (QED) is 0.828. The summed E-state index contributed by atoms with van der Waals surface area (Å²) in [6.07, 6.45) is 0. The van der Waals surface area contributed by atoms with Crippen LogP contribution in [0.2, 0.25) is 0 Å². The lowest BCUT2D eigenvalue weighted by molar-refractivity contribution is 0.0517. The van der Waals surface area contributed by atoms with Crippen LogP contribution < -0.4 is 0 Å². The number of carboxylic acids is 1. The number of ether oxygens (including phenoxy) is 1. The Labute approximate surface area is 109 Å². The summed E-state index contributed by atoms with van der Waals surface area (Å²) in [6.45, 7) is 1.81. The van der Waals surface area contributed by atoms with Crippen LogP contribution in [-0.2, 0) is 4.74 Å². The van der Waals surface area contributed by atoms with Crippen molar-refractivity contribution in [3.05, 3.63) is 41.5 Å². The molecule has 0 aliphatic rings. The average Bonchev–Trinajstić information content (AvgIpc) is 2.37. The predicted octanol–water partition coefficient (Wildman–Crippen LogP) is 2.42. The second-order valence-corrected chi connectivity index (χ2v) is 3.92. The molecule has 0 aliphatic heterocycles. The van der Waals surface area contributed by atoms with E-state index in [4.69, 9.17) is 9.84 Å². The van der Waals surface area contributed by atoms with Crippen LogP contribution in [0.5, 0.6) is 5.75 Å². The Kier molecular flexibility index (Phi) is 3.37. The summed E-state index contributed by atoms with van der Waals surface area (Å²) in [5, 5.41) is 19.6. The lowest BCUT2D eigenvalue weighted by Crippen LogP contribution is -2.12. The normalized spacial score (nSPS) is 10.4. The highest BCUT2D eigenvalue weighted by Gasteiger charge is 2.20. The van der Waals surface area contributed by atoms with Crippen LogP contribution in [0.25, 0.3) is 10.8 Å². The van der Waals surface area contributed by atoms with E-state index in [0.29, 0.717) is 10.8 Å². The Morgan fingerprint density at radius 3 is 2.58 bits per heavy atom. The van der Waals surface area contributed by atoms with Gasteiger partial charge in [-0.3, -0.25) is 0 Å². The summed E-state index contributed by atoms with van der Waals surface area (Å²) in [6, 6.07) is 7.24. The first kappa shape index (κ1) is 12.9. The highest BCUT2D eigenvalue weighted by Crippen LogP contribution is 2.26. The fourth-order valence-electron chi connectivity index (χ4n) is 1.92.